The topological polar surface area (TPSA) is 13.1 Å². The van der Waals surface area contributed by atoms with Gasteiger partial charge in [-0.05, 0) is 37.5 Å². The minimum atomic E-state index is 0.596. The first-order chi connectivity index (χ1) is 7.24. The fraction of sp³-hybridized carbons (Fsp3) is 0.286. The second-order valence-electron chi connectivity index (χ2n) is 4.46. The molecule has 0 saturated heterocycles. The average Bonchev–Trinajstić information content (AvgIpc) is 2.54. The summed E-state index contributed by atoms with van der Waals surface area (Å²) in [6, 6.07) is 6.37. The zero-order chi connectivity index (χ0) is 10.4. The highest BCUT2D eigenvalue weighted by atomic mass is 16.3. The normalized spacial score (nSPS) is 19.5. The van der Waals surface area contributed by atoms with Crippen LogP contribution < -0.4 is 10.6 Å². The molecule has 0 spiro atoms. The molecule has 2 aromatic rings. The lowest BCUT2D eigenvalue weighted by Gasteiger charge is -2.02. The molecule has 0 amide bonds. The van der Waals surface area contributed by atoms with Gasteiger partial charge in [-0.1, -0.05) is 24.6 Å². The summed E-state index contributed by atoms with van der Waals surface area (Å²) in [6.07, 6.45) is 5.64. The van der Waals surface area contributed by atoms with Gasteiger partial charge in [0, 0.05) is 10.6 Å². The molecule has 1 unspecified atom stereocenters. The molecule has 1 aromatic carbocycles. The van der Waals surface area contributed by atoms with Crippen LogP contribution in [-0.4, -0.2) is 0 Å². The summed E-state index contributed by atoms with van der Waals surface area (Å²) in [5.41, 5.74) is 3.35. The minimum Gasteiger partial charge on any atom is -0.456 e. The van der Waals surface area contributed by atoms with Gasteiger partial charge in [-0.25, -0.2) is 0 Å². The maximum absolute atomic E-state index is 5.83. The van der Waals surface area contributed by atoms with E-state index in [1.165, 1.54) is 16.2 Å². The van der Waals surface area contributed by atoms with Crippen molar-refractivity contribution >= 4 is 23.1 Å². The third kappa shape index (κ3) is 1.30. The van der Waals surface area contributed by atoms with Crippen LogP contribution in [0.2, 0.25) is 0 Å². The van der Waals surface area contributed by atoms with Gasteiger partial charge in [-0.2, -0.15) is 0 Å². The average molecular weight is 198 g/mol. The lowest BCUT2D eigenvalue weighted by atomic mass is 10.0. The van der Waals surface area contributed by atoms with Crippen molar-refractivity contribution in [2.75, 3.05) is 0 Å². The van der Waals surface area contributed by atoms with E-state index in [0.717, 1.165) is 17.4 Å². The zero-order valence-electron chi connectivity index (χ0n) is 9.08. The van der Waals surface area contributed by atoms with Crippen LogP contribution in [-0.2, 0) is 0 Å². The van der Waals surface area contributed by atoms with Crippen molar-refractivity contribution in [2.45, 2.75) is 20.3 Å². The molecule has 1 atom stereocenters. The first-order valence-electron chi connectivity index (χ1n) is 5.45. The quantitative estimate of drug-likeness (QED) is 0.633. The summed E-state index contributed by atoms with van der Waals surface area (Å²) < 4.78 is 5.83. The predicted molar refractivity (Wildman–Crippen MR) is 62.9 cm³/mol. The third-order valence-electron chi connectivity index (χ3n) is 3.04. The van der Waals surface area contributed by atoms with Crippen molar-refractivity contribution in [3.05, 3.63) is 34.4 Å². The van der Waals surface area contributed by atoms with E-state index in [2.05, 4.69) is 44.2 Å². The van der Waals surface area contributed by atoms with Crippen molar-refractivity contribution in [3.8, 4) is 0 Å². The molecule has 76 valence electrons. The molecule has 0 fully saturated rings. The highest BCUT2D eigenvalue weighted by molar-refractivity contribution is 5.80. The van der Waals surface area contributed by atoms with Crippen LogP contribution in [0, 0.1) is 12.8 Å². The van der Waals surface area contributed by atoms with Crippen LogP contribution in [0.15, 0.2) is 22.6 Å². The fourth-order valence-corrected chi connectivity index (χ4v) is 2.21. The Balaban J connectivity index is 2.49. The molecule has 3 rings (SSSR count). The van der Waals surface area contributed by atoms with Gasteiger partial charge in [0.1, 0.15) is 11.0 Å². The molecule has 1 nitrogen and oxygen atoms in total. The van der Waals surface area contributed by atoms with Gasteiger partial charge in [0.2, 0.25) is 0 Å². The van der Waals surface area contributed by atoms with Gasteiger partial charge in [0.25, 0.3) is 0 Å². The van der Waals surface area contributed by atoms with E-state index < -0.39 is 0 Å². The number of aryl methyl sites for hydroxylation is 1. The van der Waals surface area contributed by atoms with Crippen LogP contribution in [0.1, 0.15) is 18.9 Å². The molecule has 1 heterocycles. The van der Waals surface area contributed by atoms with E-state index in [1.54, 1.807) is 0 Å². The van der Waals surface area contributed by atoms with Gasteiger partial charge < -0.3 is 4.42 Å². The van der Waals surface area contributed by atoms with E-state index >= 15 is 0 Å². The number of furan rings is 1. The first kappa shape index (κ1) is 8.78. The second-order valence-corrected chi connectivity index (χ2v) is 4.46. The standard InChI is InChI=1S/C14H14O/c1-9-4-6-13-12(7-9)11-5-3-10(2)8-14(11)15-13/h4-8,10H,3H2,1-2H3. The second kappa shape index (κ2) is 2.99. The number of hydrogen-bond acceptors (Lipinski definition) is 1. The van der Waals surface area contributed by atoms with E-state index in [1.807, 2.05) is 0 Å². The van der Waals surface area contributed by atoms with Crippen LogP contribution in [0.25, 0.3) is 23.1 Å². The molecule has 15 heavy (non-hydrogen) atoms. The van der Waals surface area contributed by atoms with E-state index in [4.69, 9.17) is 4.42 Å². The summed E-state index contributed by atoms with van der Waals surface area (Å²) in [5, 5.41) is 2.54. The van der Waals surface area contributed by atoms with Crippen molar-refractivity contribution in [1.82, 2.24) is 0 Å². The summed E-state index contributed by atoms with van der Waals surface area (Å²) in [5.74, 6) is 0.596. The SMILES string of the molecule is Cc1ccc2oc3c(c2c1)=CCC(C)C=3. The van der Waals surface area contributed by atoms with Crippen molar-refractivity contribution in [1.29, 1.82) is 0 Å². The molecular weight excluding hydrogens is 184 g/mol. The molecule has 0 N–H and O–H groups in total. The first-order valence-corrected chi connectivity index (χ1v) is 5.45. The summed E-state index contributed by atoms with van der Waals surface area (Å²) in [4.78, 5) is 0. The molecular formula is C14H14O. The molecule has 1 aliphatic carbocycles. The largest absolute Gasteiger partial charge is 0.456 e. The van der Waals surface area contributed by atoms with E-state index in [0.29, 0.717) is 5.92 Å². The Morgan fingerprint density at radius 3 is 3.07 bits per heavy atom. The number of benzene rings is 1. The van der Waals surface area contributed by atoms with Gasteiger partial charge in [-0.3, -0.25) is 0 Å². The van der Waals surface area contributed by atoms with Crippen molar-refractivity contribution in [3.63, 3.8) is 0 Å². The Morgan fingerprint density at radius 2 is 2.20 bits per heavy atom. The summed E-state index contributed by atoms with van der Waals surface area (Å²) in [6.45, 7) is 4.34. The predicted octanol–water partition coefficient (Wildman–Crippen LogP) is 2.34. The zero-order valence-corrected chi connectivity index (χ0v) is 9.08. The third-order valence-corrected chi connectivity index (χ3v) is 3.04. The lowest BCUT2D eigenvalue weighted by molar-refractivity contribution is 0.565. The number of hydrogen-bond donors (Lipinski definition) is 0. The molecule has 0 saturated carbocycles. The Bertz CT molecular complexity index is 631. The summed E-state index contributed by atoms with van der Waals surface area (Å²) >= 11 is 0. The van der Waals surface area contributed by atoms with Gasteiger partial charge in [0.15, 0.2) is 0 Å². The lowest BCUT2D eigenvalue weighted by Crippen LogP contribution is -2.24. The Labute approximate surface area is 88.7 Å². The molecule has 1 heteroatoms. The molecule has 0 bridgehead atoms. The van der Waals surface area contributed by atoms with Gasteiger partial charge in [0.05, 0.1) is 0 Å². The van der Waals surface area contributed by atoms with Crippen LogP contribution in [0.5, 0.6) is 0 Å². The van der Waals surface area contributed by atoms with E-state index in [9.17, 15) is 0 Å². The van der Waals surface area contributed by atoms with Crippen LogP contribution in [0.3, 0.4) is 0 Å². The molecule has 1 aromatic heterocycles. The number of fused-ring (bicyclic) bond motifs is 3. The summed E-state index contributed by atoms with van der Waals surface area (Å²) in [7, 11) is 0. The maximum atomic E-state index is 5.83. The highest BCUT2D eigenvalue weighted by Gasteiger charge is 2.08. The molecule has 0 aliphatic heterocycles. The van der Waals surface area contributed by atoms with Crippen molar-refractivity contribution in [2.24, 2.45) is 5.92 Å². The Kier molecular flexibility index (Phi) is 1.75. The van der Waals surface area contributed by atoms with Crippen molar-refractivity contribution < 1.29 is 4.42 Å². The number of rotatable bonds is 0. The van der Waals surface area contributed by atoms with Crippen LogP contribution >= 0.6 is 0 Å². The fourth-order valence-electron chi connectivity index (χ4n) is 2.21. The Hall–Kier alpha value is -1.50. The van der Waals surface area contributed by atoms with E-state index in [-0.39, 0.29) is 0 Å². The maximum Gasteiger partial charge on any atom is 0.135 e. The highest BCUT2D eigenvalue weighted by Crippen LogP contribution is 2.14. The Morgan fingerprint density at radius 1 is 1.33 bits per heavy atom. The monoisotopic (exact) mass is 198 g/mol. The molecule has 0 radical (unpaired) electrons. The minimum absolute atomic E-state index is 0.596. The van der Waals surface area contributed by atoms with Gasteiger partial charge >= 0.3 is 0 Å². The smallest absolute Gasteiger partial charge is 0.135 e. The molecule has 1 aliphatic rings. The van der Waals surface area contributed by atoms with Crippen LogP contribution in [0.4, 0.5) is 0 Å². The van der Waals surface area contributed by atoms with Gasteiger partial charge in [-0.15, -0.1) is 0 Å².